The number of nitrogens with one attached hydrogen (secondary N) is 1. The molecule has 1 N–H and O–H groups in total. The third-order valence-corrected chi connectivity index (χ3v) is 2.14. The molecule has 0 bridgehead atoms. The standard InChI is InChI=1S/C10H14ClN/c1-7(2)12-9-6-4-5-8(3)10(9)11/h4-7,12H,1-3H3. The summed E-state index contributed by atoms with van der Waals surface area (Å²) in [4.78, 5) is 0. The minimum atomic E-state index is 0.421. The summed E-state index contributed by atoms with van der Waals surface area (Å²) in [6.07, 6.45) is 0. The molecule has 1 aromatic rings. The fourth-order valence-corrected chi connectivity index (χ4v) is 1.25. The number of hydrogen-bond donors (Lipinski definition) is 1. The molecule has 66 valence electrons. The van der Waals surface area contributed by atoms with Gasteiger partial charge in [-0.3, -0.25) is 0 Å². The number of aryl methyl sites for hydroxylation is 1. The predicted molar refractivity (Wildman–Crippen MR) is 54.9 cm³/mol. The fraction of sp³-hybridized carbons (Fsp3) is 0.400. The van der Waals surface area contributed by atoms with Gasteiger partial charge in [-0.1, -0.05) is 23.7 Å². The highest BCUT2D eigenvalue weighted by Crippen LogP contribution is 2.25. The highest BCUT2D eigenvalue weighted by molar-refractivity contribution is 6.34. The minimum absolute atomic E-state index is 0.421. The maximum atomic E-state index is 6.07. The van der Waals surface area contributed by atoms with E-state index in [9.17, 15) is 0 Å². The lowest BCUT2D eigenvalue weighted by Gasteiger charge is -2.12. The topological polar surface area (TPSA) is 12.0 Å². The van der Waals surface area contributed by atoms with Crippen molar-refractivity contribution in [1.82, 2.24) is 0 Å². The quantitative estimate of drug-likeness (QED) is 0.741. The first-order valence-electron chi connectivity index (χ1n) is 4.13. The molecular weight excluding hydrogens is 170 g/mol. The Bertz CT molecular complexity index is 269. The van der Waals surface area contributed by atoms with Crippen molar-refractivity contribution in [2.45, 2.75) is 26.8 Å². The van der Waals surface area contributed by atoms with Crippen LogP contribution < -0.4 is 5.32 Å². The third kappa shape index (κ3) is 2.15. The SMILES string of the molecule is Cc1cccc(NC(C)C)c1Cl. The van der Waals surface area contributed by atoms with Gasteiger partial charge in [-0.25, -0.2) is 0 Å². The van der Waals surface area contributed by atoms with Gasteiger partial charge in [0.05, 0.1) is 10.7 Å². The van der Waals surface area contributed by atoms with Gasteiger partial charge in [0.1, 0.15) is 0 Å². The Kier molecular flexibility index (Phi) is 2.99. The summed E-state index contributed by atoms with van der Waals surface area (Å²) in [6.45, 7) is 6.20. The van der Waals surface area contributed by atoms with Crippen LogP contribution >= 0.6 is 11.6 Å². The van der Waals surface area contributed by atoms with Crippen LogP contribution in [0, 0.1) is 6.92 Å². The smallest absolute Gasteiger partial charge is 0.0666 e. The number of halogens is 1. The van der Waals surface area contributed by atoms with Crippen molar-refractivity contribution in [1.29, 1.82) is 0 Å². The lowest BCUT2D eigenvalue weighted by Crippen LogP contribution is -2.10. The van der Waals surface area contributed by atoms with E-state index in [1.165, 1.54) is 0 Å². The van der Waals surface area contributed by atoms with E-state index in [0.29, 0.717) is 6.04 Å². The van der Waals surface area contributed by atoms with Gasteiger partial charge in [-0.2, -0.15) is 0 Å². The van der Waals surface area contributed by atoms with Crippen LogP contribution in [0.1, 0.15) is 19.4 Å². The maximum Gasteiger partial charge on any atom is 0.0666 e. The second kappa shape index (κ2) is 3.81. The number of hydrogen-bond acceptors (Lipinski definition) is 1. The van der Waals surface area contributed by atoms with Crippen molar-refractivity contribution in [2.24, 2.45) is 0 Å². The van der Waals surface area contributed by atoms with E-state index in [1.807, 2.05) is 25.1 Å². The molecule has 0 saturated carbocycles. The van der Waals surface area contributed by atoms with Gasteiger partial charge in [0, 0.05) is 6.04 Å². The van der Waals surface area contributed by atoms with Gasteiger partial charge >= 0.3 is 0 Å². The van der Waals surface area contributed by atoms with Crippen molar-refractivity contribution in [3.8, 4) is 0 Å². The van der Waals surface area contributed by atoms with Crippen LogP contribution in [0.5, 0.6) is 0 Å². The fourth-order valence-electron chi connectivity index (χ4n) is 1.07. The van der Waals surface area contributed by atoms with Gasteiger partial charge < -0.3 is 5.32 Å². The summed E-state index contributed by atoms with van der Waals surface area (Å²) in [5, 5.41) is 4.11. The van der Waals surface area contributed by atoms with Gasteiger partial charge in [0.25, 0.3) is 0 Å². The molecule has 1 nitrogen and oxygen atoms in total. The average molecular weight is 184 g/mol. The minimum Gasteiger partial charge on any atom is -0.382 e. The molecule has 0 heterocycles. The van der Waals surface area contributed by atoms with Crippen molar-refractivity contribution < 1.29 is 0 Å². The van der Waals surface area contributed by atoms with E-state index in [0.717, 1.165) is 16.3 Å². The van der Waals surface area contributed by atoms with Crippen LogP contribution in [0.2, 0.25) is 5.02 Å². The molecule has 0 unspecified atom stereocenters. The molecule has 0 atom stereocenters. The van der Waals surface area contributed by atoms with E-state index in [4.69, 9.17) is 11.6 Å². The largest absolute Gasteiger partial charge is 0.382 e. The van der Waals surface area contributed by atoms with E-state index < -0.39 is 0 Å². The molecule has 0 fully saturated rings. The zero-order valence-electron chi connectivity index (χ0n) is 7.69. The Labute approximate surface area is 78.7 Å². The normalized spacial score (nSPS) is 10.4. The Morgan fingerprint density at radius 3 is 2.58 bits per heavy atom. The van der Waals surface area contributed by atoms with Crippen molar-refractivity contribution in [3.63, 3.8) is 0 Å². The Morgan fingerprint density at radius 1 is 1.33 bits per heavy atom. The summed E-state index contributed by atoms with van der Waals surface area (Å²) >= 11 is 6.07. The number of rotatable bonds is 2. The molecule has 0 spiro atoms. The van der Waals surface area contributed by atoms with Crippen LogP contribution in [0.4, 0.5) is 5.69 Å². The van der Waals surface area contributed by atoms with E-state index >= 15 is 0 Å². The highest BCUT2D eigenvalue weighted by atomic mass is 35.5. The van der Waals surface area contributed by atoms with Crippen molar-refractivity contribution >= 4 is 17.3 Å². The molecule has 1 aromatic carbocycles. The highest BCUT2D eigenvalue weighted by Gasteiger charge is 2.02. The van der Waals surface area contributed by atoms with Gasteiger partial charge in [0.15, 0.2) is 0 Å². The molecule has 2 heteroatoms. The third-order valence-electron chi connectivity index (χ3n) is 1.64. The predicted octanol–water partition coefficient (Wildman–Crippen LogP) is 3.47. The molecular formula is C10H14ClN. The van der Waals surface area contributed by atoms with Gasteiger partial charge in [-0.15, -0.1) is 0 Å². The monoisotopic (exact) mass is 183 g/mol. The first-order valence-corrected chi connectivity index (χ1v) is 4.50. The van der Waals surface area contributed by atoms with Crippen LogP contribution in [-0.4, -0.2) is 6.04 Å². The first-order chi connectivity index (χ1) is 5.61. The lowest BCUT2D eigenvalue weighted by atomic mass is 10.2. The number of anilines is 1. The molecule has 0 aromatic heterocycles. The molecule has 0 aliphatic heterocycles. The molecule has 0 aliphatic rings. The van der Waals surface area contributed by atoms with E-state index in [1.54, 1.807) is 0 Å². The summed E-state index contributed by atoms with van der Waals surface area (Å²) in [7, 11) is 0. The summed E-state index contributed by atoms with van der Waals surface area (Å²) in [6, 6.07) is 6.43. The summed E-state index contributed by atoms with van der Waals surface area (Å²) in [5.41, 5.74) is 2.13. The van der Waals surface area contributed by atoms with E-state index in [2.05, 4.69) is 19.2 Å². The Hall–Kier alpha value is -0.690. The van der Waals surface area contributed by atoms with Crippen LogP contribution in [-0.2, 0) is 0 Å². The van der Waals surface area contributed by atoms with Crippen LogP contribution in [0.25, 0.3) is 0 Å². The number of benzene rings is 1. The van der Waals surface area contributed by atoms with Crippen molar-refractivity contribution in [3.05, 3.63) is 28.8 Å². The molecule has 1 rings (SSSR count). The zero-order chi connectivity index (χ0) is 9.14. The molecule has 12 heavy (non-hydrogen) atoms. The van der Waals surface area contributed by atoms with Gasteiger partial charge in [0.2, 0.25) is 0 Å². The second-order valence-corrected chi connectivity index (χ2v) is 3.61. The summed E-state index contributed by atoms with van der Waals surface area (Å²) in [5.74, 6) is 0. The van der Waals surface area contributed by atoms with Crippen LogP contribution in [0.3, 0.4) is 0 Å². The van der Waals surface area contributed by atoms with E-state index in [-0.39, 0.29) is 0 Å². The zero-order valence-corrected chi connectivity index (χ0v) is 8.44. The average Bonchev–Trinajstić information content (AvgIpc) is 1.98. The molecule has 0 aliphatic carbocycles. The summed E-state index contributed by atoms with van der Waals surface area (Å²) < 4.78 is 0. The molecule has 0 saturated heterocycles. The second-order valence-electron chi connectivity index (χ2n) is 3.24. The maximum absolute atomic E-state index is 6.07. The van der Waals surface area contributed by atoms with Crippen molar-refractivity contribution in [2.75, 3.05) is 5.32 Å². The Morgan fingerprint density at radius 2 is 2.00 bits per heavy atom. The molecule has 0 amide bonds. The first kappa shape index (κ1) is 9.40. The molecule has 0 radical (unpaired) electrons. The van der Waals surface area contributed by atoms with Crippen LogP contribution in [0.15, 0.2) is 18.2 Å². The Balaban J connectivity index is 2.92. The van der Waals surface area contributed by atoms with Gasteiger partial charge in [-0.05, 0) is 32.4 Å². The lowest BCUT2D eigenvalue weighted by molar-refractivity contribution is 0.899.